The van der Waals surface area contributed by atoms with Gasteiger partial charge in [-0.05, 0) is 31.5 Å². The molecule has 0 spiro atoms. The van der Waals surface area contributed by atoms with Crippen LogP contribution in [0.1, 0.15) is 25.6 Å². The average molecular weight is 425 g/mol. The van der Waals surface area contributed by atoms with E-state index in [2.05, 4.69) is 9.97 Å². The minimum Gasteiger partial charge on any atom is -0.494 e. The standard InChI is InChI=1S/C23H27N3O5/c1-4-26(22(27)11-8-12-31-16-9-6-5-7-10-16)15-21-24-18-14-20(30-3)19(29-2)13-17(18)23(28)25-21/h5-7,9-10,13-14H,4,8,11-12,15H2,1-3H3,(H,24,25,28). The van der Waals surface area contributed by atoms with Crippen LogP contribution in [0, 0.1) is 0 Å². The molecule has 31 heavy (non-hydrogen) atoms. The Hall–Kier alpha value is -3.55. The molecule has 0 fully saturated rings. The van der Waals surface area contributed by atoms with Gasteiger partial charge in [0.25, 0.3) is 5.56 Å². The first kappa shape index (κ1) is 22.1. The Kier molecular flexibility index (Phi) is 7.48. The van der Waals surface area contributed by atoms with Crippen molar-refractivity contribution in [2.24, 2.45) is 0 Å². The van der Waals surface area contributed by atoms with Crippen LogP contribution in [0.15, 0.2) is 47.3 Å². The Morgan fingerprint density at radius 2 is 1.81 bits per heavy atom. The third kappa shape index (κ3) is 5.53. The zero-order valence-electron chi connectivity index (χ0n) is 18.0. The van der Waals surface area contributed by atoms with E-state index in [0.29, 0.717) is 54.2 Å². The minimum atomic E-state index is -0.291. The van der Waals surface area contributed by atoms with E-state index in [0.717, 1.165) is 5.75 Å². The van der Waals surface area contributed by atoms with E-state index in [1.165, 1.54) is 14.2 Å². The number of methoxy groups -OCH3 is 2. The normalized spacial score (nSPS) is 10.7. The second-order valence-electron chi connectivity index (χ2n) is 6.91. The molecule has 1 aromatic heterocycles. The number of ether oxygens (including phenoxy) is 3. The van der Waals surface area contributed by atoms with Crippen molar-refractivity contribution in [3.63, 3.8) is 0 Å². The van der Waals surface area contributed by atoms with Crippen LogP contribution in [0.4, 0.5) is 0 Å². The fraction of sp³-hybridized carbons (Fsp3) is 0.348. The Balaban J connectivity index is 1.66. The monoisotopic (exact) mass is 425 g/mol. The van der Waals surface area contributed by atoms with Gasteiger partial charge in [-0.1, -0.05) is 18.2 Å². The molecule has 0 aliphatic rings. The van der Waals surface area contributed by atoms with Gasteiger partial charge in [-0.15, -0.1) is 0 Å². The Labute approximate surface area is 180 Å². The van der Waals surface area contributed by atoms with Crippen LogP contribution >= 0.6 is 0 Å². The van der Waals surface area contributed by atoms with Crippen molar-refractivity contribution in [3.8, 4) is 17.2 Å². The maximum absolute atomic E-state index is 12.6. The van der Waals surface area contributed by atoms with E-state index in [-0.39, 0.29) is 18.0 Å². The van der Waals surface area contributed by atoms with E-state index in [9.17, 15) is 9.59 Å². The highest BCUT2D eigenvalue weighted by molar-refractivity contribution is 5.82. The van der Waals surface area contributed by atoms with Gasteiger partial charge in [0, 0.05) is 19.0 Å². The van der Waals surface area contributed by atoms with Gasteiger partial charge in [0.2, 0.25) is 5.91 Å². The van der Waals surface area contributed by atoms with Crippen molar-refractivity contribution in [1.82, 2.24) is 14.9 Å². The summed E-state index contributed by atoms with van der Waals surface area (Å²) < 4.78 is 16.2. The quantitative estimate of drug-likeness (QED) is 0.502. The van der Waals surface area contributed by atoms with Crippen molar-refractivity contribution in [2.75, 3.05) is 27.4 Å². The zero-order valence-corrected chi connectivity index (χ0v) is 18.0. The molecule has 0 saturated carbocycles. The van der Waals surface area contributed by atoms with E-state index in [1.54, 1.807) is 17.0 Å². The molecule has 164 valence electrons. The Bertz CT molecular complexity index is 1080. The molecule has 0 saturated heterocycles. The number of nitrogens with one attached hydrogen (secondary N) is 1. The van der Waals surface area contributed by atoms with Crippen molar-refractivity contribution in [2.45, 2.75) is 26.3 Å². The molecule has 0 aliphatic carbocycles. The molecule has 8 heteroatoms. The zero-order chi connectivity index (χ0) is 22.2. The first-order valence-electron chi connectivity index (χ1n) is 10.2. The molecule has 0 bridgehead atoms. The van der Waals surface area contributed by atoms with Crippen LogP contribution in [-0.4, -0.2) is 48.1 Å². The highest BCUT2D eigenvalue weighted by Crippen LogP contribution is 2.29. The summed E-state index contributed by atoms with van der Waals surface area (Å²) >= 11 is 0. The number of amides is 1. The van der Waals surface area contributed by atoms with Crippen LogP contribution in [-0.2, 0) is 11.3 Å². The Morgan fingerprint density at radius 1 is 1.10 bits per heavy atom. The summed E-state index contributed by atoms with van der Waals surface area (Å²) in [6.45, 7) is 3.08. The topological polar surface area (TPSA) is 93.8 Å². The first-order valence-corrected chi connectivity index (χ1v) is 10.2. The number of para-hydroxylation sites is 1. The molecular formula is C23H27N3O5. The fourth-order valence-electron chi connectivity index (χ4n) is 3.23. The third-order valence-corrected chi connectivity index (χ3v) is 4.88. The van der Waals surface area contributed by atoms with Gasteiger partial charge >= 0.3 is 0 Å². The van der Waals surface area contributed by atoms with Crippen molar-refractivity contribution in [1.29, 1.82) is 0 Å². The first-order chi connectivity index (χ1) is 15.0. The predicted molar refractivity (Wildman–Crippen MR) is 118 cm³/mol. The van der Waals surface area contributed by atoms with Gasteiger partial charge in [0.15, 0.2) is 11.5 Å². The van der Waals surface area contributed by atoms with Gasteiger partial charge in [-0.2, -0.15) is 0 Å². The van der Waals surface area contributed by atoms with Gasteiger partial charge in [-0.25, -0.2) is 4.98 Å². The summed E-state index contributed by atoms with van der Waals surface area (Å²) in [5.74, 6) is 2.13. The van der Waals surface area contributed by atoms with Crippen LogP contribution in [0.25, 0.3) is 10.9 Å². The van der Waals surface area contributed by atoms with Gasteiger partial charge in [-0.3, -0.25) is 9.59 Å². The van der Waals surface area contributed by atoms with E-state index in [4.69, 9.17) is 14.2 Å². The average Bonchev–Trinajstić information content (AvgIpc) is 2.80. The molecule has 0 radical (unpaired) electrons. The molecule has 1 heterocycles. The lowest BCUT2D eigenvalue weighted by atomic mass is 10.2. The lowest BCUT2D eigenvalue weighted by Gasteiger charge is -2.20. The number of hydrogen-bond acceptors (Lipinski definition) is 6. The molecule has 0 atom stereocenters. The number of benzene rings is 2. The number of carbonyl (C=O) groups is 1. The molecule has 0 aliphatic heterocycles. The van der Waals surface area contributed by atoms with Gasteiger partial charge in [0.05, 0.1) is 38.3 Å². The number of aromatic amines is 1. The van der Waals surface area contributed by atoms with Crippen molar-refractivity contribution in [3.05, 3.63) is 58.6 Å². The Morgan fingerprint density at radius 3 is 2.48 bits per heavy atom. The molecule has 1 amide bonds. The molecule has 3 aromatic rings. The lowest BCUT2D eigenvalue weighted by Crippen LogP contribution is -2.32. The lowest BCUT2D eigenvalue weighted by molar-refractivity contribution is -0.131. The number of rotatable bonds is 10. The van der Waals surface area contributed by atoms with Crippen LogP contribution in [0.2, 0.25) is 0 Å². The number of fused-ring (bicyclic) bond motifs is 1. The smallest absolute Gasteiger partial charge is 0.258 e. The molecule has 1 N–H and O–H groups in total. The summed E-state index contributed by atoms with van der Waals surface area (Å²) in [5.41, 5.74) is 0.192. The van der Waals surface area contributed by atoms with Crippen molar-refractivity contribution < 1.29 is 19.0 Å². The molecule has 2 aromatic carbocycles. The SMILES string of the molecule is CCN(Cc1nc2cc(OC)c(OC)cc2c(=O)[nH]1)C(=O)CCCOc1ccccc1. The van der Waals surface area contributed by atoms with E-state index in [1.807, 2.05) is 37.3 Å². The molecule has 0 unspecified atom stereocenters. The van der Waals surface area contributed by atoms with Crippen LogP contribution < -0.4 is 19.8 Å². The summed E-state index contributed by atoms with van der Waals surface area (Å²) in [6.07, 6.45) is 0.951. The maximum Gasteiger partial charge on any atom is 0.258 e. The summed E-state index contributed by atoms with van der Waals surface area (Å²) in [7, 11) is 3.03. The van der Waals surface area contributed by atoms with Crippen molar-refractivity contribution >= 4 is 16.8 Å². The highest BCUT2D eigenvalue weighted by Gasteiger charge is 2.16. The number of aromatic nitrogens is 2. The summed E-state index contributed by atoms with van der Waals surface area (Å²) in [6, 6.07) is 12.8. The third-order valence-electron chi connectivity index (χ3n) is 4.88. The number of carbonyl (C=O) groups excluding carboxylic acids is 1. The van der Waals surface area contributed by atoms with Crippen LogP contribution in [0.5, 0.6) is 17.2 Å². The van der Waals surface area contributed by atoms with Gasteiger partial charge in [0.1, 0.15) is 11.6 Å². The van der Waals surface area contributed by atoms with E-state index >= 15 is 0 Å². The number of H-pyrrole nitrogens is 1. The highest BCUT2D eigenvalue weighted by atomic mass is 16.5. The second kappa shape index (κ2) is 10.5. The fourth-order valence-corrected chi connectivity index (χ4v) is 3.23. The predicted octanol–water partition coefficient (Wildman–Crippen LogP) is 3.15. The summed E-state index contributed by atoms with van der Waals surface area (Å²) in [5, 5.41) is 0.397. The molecule has 8 nitrogen and oxygen atoms in total. The maximum atomic E-state index is 12.6. The van der Waals surface area contributed by atoms with E-state index < -0.39 is 0 Å². The largest absolute Gasteiger partial charge is 0.494 e. The van der Waals surface area contributed by atoms with Crippen LogP contribution in [0.3, 0.4) is 0 Å². The van der Waals surface area contributed by atoms with Gasteiger partial charge < -0.3 is 24.1 Å². The minimum absolute atomic E-state index is 0.0192. The second-order valence-corrected chi connectivity index (χ2v) is 6.91. The number of hydrogen-bond donors (Lipinski definition) is 1. The number of nitrogens with zero attached hydrogens (tertiary/aromatic N) is 2. The summed E-state index contributed by atoms with van der Waals surface area (Å²) in [4.78, 5) is 34.1. The molecular weight excluding hydrogens is 398 g/mol. The molecule has 3 rings (SSSR count).